The third-order valence-corrected chi connectivity index (χ3v) is 4.75. The zero-order valence-corrected chi connectivity index (χ0v) is 13.3. The third-order valence-electron chi connectivity index (χ3n) is 3.60. The molecule has 6 nitrogen and oxygen atoms in total. The van der Waals surface area contributed by atoms with E-state index in [-0.39, 0.29) is 17.0 Å². The van der Waals surface area contributed by atoms with E-state index in [9.17, 15) is 13.2 Å². The van der Waals surface area contributed by atoms with Gasteiger partial charge in [0, 0.05) is 25.0 Å². The number of piperidine rings is 1. The second-order valence-corrected chi connectivity index (χ2v) is 7.37. The van der Waals surface area contributed by atoms with Gasteiger partial charge in [0.05, 0.1) is 16.7 Å². The molecule has 7 heteroatoms. The molecule has 1 aromatic rings. The molecule has 0 atom stereocenters. The Balaban J connectivity index is 2.36. The van der Waals surface area contributed by atoms with Gasteiger partial charge in [0.15, 0.2) is 9.84 Å². The van der Waals surface area contributed by atoms with Crippen LogP contribution in [0.3, 0.4) is 0 Å². The largest absolute Gasteiger partial charge is 0.371 e. The molecular formula is C15H19N3O3S. The van der Waals surface area contributed by atoms with Crippen molar-refractivity contribution in [2.45, 2.75) is 30.6 Å². The molecule has 0 aromatic heterocycles. The minimum atomic E-state index is -3.46. The first-order valence-corrected chi connectivity index (χ1v) is 9.07. The Labute approximate surface area is 130 Å². The lowest BCUT2D eigenvalue weighted by Gasteiger charge is -2.29. The highest BCUT2D eigenvalue weighted by Gasteiger charge is 2.18. The number of nitriles is 1. The van der Waals surface area contributed by atoms with Crippen molar-refractivity contribution in [3.63, 3.8) is 0 Å². The Morgan fingerprint density at radius 3 is 2.59 bits per heavy atom. The number of anilines is 2. The highest BCUT2D eigenvalue weighted by Crippen LogP contribution is 2.29. The van der Waals surface area contributed by atoms with Gasteiger partial charge in [-0.3, -0.25) is 4.79 Å². The van der Waals surface area contributed by atoms with Crippen molar-refractivity contribution in [1.29, 1.82) is 5.26 Å². The molecule has 1 aliphatic heterocycles. The molecule has 0 bridgehead atoms. The highest BCUT2D eigenvalue weighted by atomic mass is 32.2. The van der Waals surface area contributed by atoms with Gasteiger partial charge in [-0.25, -0.2) is 8.42 Å². The molecule has 0 aliphatic carbocycles. The molecule has 0 saturated carbocycles. The molecule has 1 aromatic carbocycles. The van der Waals surface area contributed by atoms with Crippen LogP contribution in [-0.4, -0.2) is 33.7 Å². The average Bonchev–Trinajstić information content (AvgIpc) is 2.47. The standard InChI is InChI=1S/C15H19N3O3S/c1-22(20,21)14-6-5-12(18-9-3-2-4-10-18)11-13(14)17-15(19)7-8-16/h5-6,11H,2-4,7,9-10H2,1H3,(H,17,19). The van der Waals surface area contributed by atoms with E-state index in [4.69, 9.17) is 5.26 Å². The Morgan fingerprint density at radius 1 is 1.32 bits per heavy atom. The number of sulfone groups is 1. The first-order chi connectivity index (χ1) is 10.4. The van der Waals surface area contributed by atoms with E-state index in [2.05, 4.69) is 10.2 Å². The van der Waals surface area contributed by atoms with E-state index in [0.717, 1.165) is 37.9 Å². The monoisotopic (exact) mass is 321 g/mol. The van der Waals surface area contributed by atoms with Crippen molar-refractivity contribution in [2.24, 2.45) is 0 Å². The van der Waals surface area contributed by atoms with Crippen molar-refractivity contribution in [3.05, 3.63) is 18.2 Å². The van der Waals surface area contributed by atoms with Crippen LogP contribution in [0, 0.1) is 11.3 Å². The zero-order valence-electron chi connectivity index (χ0n) is 12.5. The number of nitrogens with one attached hydrogen (secondary N) is 1. The maximum absolute atomic E-state index is 11.9. The van der Waals surface area contributed by atoms with Gasteiger partial charge in [-0.2, -0.15) is 5.26 Å². The minimum Gasteiger partial charge on any atom is -0.371 e. The number of rotatable bonds is 4. The number of nitrogens with zero attached hydrogens (tertiary/aromatic N) is 2. The van der Waals surface area contributed by atoms with Crippen LogP contribution in [0.5, 0.6) is 0 Å². The summed E-state index contributed by atoms with van der Waals surface area (Å²) in [6, 6.07) is 6.71. The van der Waals surface area contributed by atoms with Crippen LogP contribution < -0.4 is 10.2 Å². The highest BCUT2D eigenvalue weighted by molar-refractivity contribution is 7.90. The lowest BCUT2D eigenvalue weighted by Crippen LogP contribution is -2.29. The number of carbonyl (C=O) groups excluding carboxylic acids is 1. The molecule has 1 fully saturated rings. The van der Waals surface area contributed by atoms with Crippen LogP contribution in [-0.2, 0) is 14.6 Å². The lowest BCUT2D eigenvalue weighted by atomic mass is 10.1. The Bertz CT molecular complexity index is 701. The maximum Gasteiger partial charge on any atom is 0.238 e. The van der Waals surface area contributed by atoms with Crippen LogP contribution >= 0.6 is 0 Å². The van der Waals surface area contributed by atoms with Gasteiger partial charge in [-0.15, -0.1) is 0 Å². The number of amides is 1. The van der Waals surface area contributed by atoms with Crippen molar-refractivity contribution >= 4 is 27.1 Å². The minimum absolute atomic E-state index is 0.0690. The second kappa shape index (κ2) is 6.79. The maximum atomic E-state index is 11.9. The quantitative estimate of drug-likeness (QED) is 0.915. The summed E-state index contributed by atoms with van der Waals surface area (Å²) in [5, 5.41) is 11.1. The average molecular weight is 321 g/mol. The fourth-order valence-corrected chi connectivity index (χ4v) is 3.38. The van der Waals surface area contributed by atoms with Gasteiger partial charge in [-0.05, 0) is 37.5 Å². The van der Waals surface area contributed by atoms with E-state index < -0.39 is 15.7 Å². The Morgan fingerprint density at radius 2 is 2.00 bits per heavy atom. The fourth-order valence-electron chi connectivity index (χ4n) is 2.55. The van der Waals surface area contributed by atoms with Crippen LogP contribution in [0.15, 0.2) is 23.1 Å². The molecule has 22 heavy (non-hydrogen) atoms. The van der Waals surface area contributed by atoms with Gasteiger partial charge >= 0.3 is 0 Å². The predicted molar refractivity (Wildman–Crippen MR) is 84.5 cm³/mol. The lowest BCUT2D eigenvalue weighted by molar-refractivity contribution is -0.115. The predicted octanol–water partition coefficient (Wildman–Crippen LogP) is 1.93. The number of hydrogen-bond acceptors (Lipinski definition) is 5. The first kappa shape index (κ1) is 16.3. The number of benzene rings is 1. The van der Waals surface area contributed by atoms with Crippen LogP contribution in [0.25, 0.3) is 0 Å². The molecule has 1 heterocycles. The molecule has 1 saturated heterocycles. The summed E-state index contributed by atoms with van der Waals surface area (Å²) in [6.45, 7) is 1.84. The van der Waals surface area contributed by atoms with Crippen molar-refractivity contribution < 1.29 is 13.2 Å². The van der Waals surface area contributed by atoms with E-state index >= 15 is 0 Å². The Kier molecular flexibility index (Phi) is 5.03. The van der Waals surface area contributed by atoms with Gasteiger partial charge in [-0.1, -0.05) is 0 Å². The normalized spacial score (nSPS) is 15.2. The molecule has 1 amide bonds. The summed E-state index contributed by atoms with van der Waals surface area (Å²) in [6.07, 6.45) is 4.19. The van der Waals surface area contributed by atoms with Gasteiger partial charge in [0.1, 0.15) is 6.42 Å². The van der Waals surface area contributed by atoms with Gasteiger partial charge < -0.3 is 10.2 Å². The van der Waals surface area contributed by atoms with E-state index in [0.29, 0.717) is 0 Å². The smallest absolute Gasteiger partial charge is 0.238 e. The summed E-state index contributed by atoms with van der Waals surface area (Å²) < 4.78 is 23.7. The summed E-state index contributed by atoms with van der Waals surface area (Å²) >= 11 is 0. The van der Waals surface area contributed by atoms with Gasteiger partial charge in [0.2, 0.25) is 5.91 Å². The molecule has 1 N–H and O–H groups in total. The van der Waals surface area contributed by atoms with Crippen molar-refractivity contribution in [1.82, 2.24) is 0 Å². The van der Waals surface area contributed by atoms with Gasteiger partial charge in [0.25, 0.3) is 0 Å². The molecule has 0 radical (unpaired) electrons. The molecular weight excluding hydrogens is 302 g/mol. The summed E-state index contributed by atoms with van der Waals surface area (Å²) in [5.74, 6) is -0.511. The molecule has 0 spiro atoms. The van der Waals surface area contributed by atoms with Crippen LogP contribution in [0.2, 0.25) is 0 Å². The van der Waals surface area contributed by atoms with Crippen LogP contribution in [0.4, 0.5) is 11.4 Å². The number of hydrogen-bond donors (Lipinski definition) is 1. The molecule has 2 rings (SSSR count). The van der Waals surface area contributed by atoms with E-state index in [1.54, 1.807) is 18.2 Å². The third kappa shape index (κ3) is 3.98. The van der Waals surface area contributed by atoms with E-state index in [1.165, 1.54) is 12.5 Å². The van der Waals surface area contributed by atoms with Crippen molar-refractivity contribution in [2.75, 3.05) is 29.6 Å². The second-order valence-electron chi connectivity index (χ2n) is 5.38. The van der Waals surface area contributed by atoms with Crippen molar-refractivity contribution in [3.8, 4) is 6.07 Å². The molecule has 118 valence electrons. The fraction of sp³-hybridized carbons (Fsp3) is 0.467. The van der Waals surface area contributed by atoms with Crippen LogP contribution in [0.1, 0.15) is 25.7 Å². The summed E-state index contributed by atoms with van der Waals surface area (Å²) in [7, 11) is -3.46. The number of carbonyl (C=O) groups is 1. The summed E-state index contributed by atoms with van der Waals surface area (Å²) in [5.41, 5.74) is 1.13. The summed E-state index contributed by atoms with van der Waals surface area (Å²) in [4.78, 5) is 13.9. The van der Waals surface area contributed by atoms with E-state index in [1.807, 2.05) is 0 Å². The molecule has 0 unspecified atom stereocenters. The topological polar surface area (TPSA) is 90.3 Å². The first-order valence-electron chi connectivity index (χ1n) is 7.17. The SMILES string of the molecule is CS(=O)(=O)c1ccc(N2CCCCC2)cc1NC(=O)CC#N. The Hall–Kier alpha value is -2.07. The molecule has 1 aliphatic rings. The zero-order chi connectivity index (χ0) is 16.2.